The van der Waals surface area contributed by atoms with Crippen molar-refractivity contribution in [3.63, 3.8) is 0 Å². The molecule has 1 atom stereocenters. The van der Waals surface area contributed by atoms with E-state index < -0.39 is 6.04 Å². The number of aryl methyl sites for hydroxylation is 3. The summed E-state index contributed by atoms with van der Waals surface area (Å²) in [4.78, 5) is 29.2. The highest BCUT2D eigenvalue weighted by atomic mass is 16.5. The highest BCUT2D eigenvalue weighted by Crippen LogP contribution is 2.22. The molecular weight excluding hydrogens is 460 g/mol. The summed E-state index contributed by atoms with van der Waals surface area (Å²) >= 11 is 0. The Kier molecular flexibility index (Phi) is 8.99. The summed E-state index contributed by atoms with van der Waals surface area (Å²) < 4.78 is 5.94. The molecule has 0 aliphatic heterocycles. The predicted molar refractivity (Wildman–Crippen MR) is 147 cm³/mol. The minimum absolute atomic E-state index is 0.0936. The molecule has 0 bridgehead atoms. The summed E-state index contributed by atoms with van der Waals surface area (Å²) in [7, 11) is 0. The number of hydrogen-bond donors (Lipinski definition) is 1. The highest BCUT2D eigenvalue weighted by Gasteiger charge is 2.32. The zero-order chi connectivity index (χ0) is 26.2. The van der Waals surface area contributed by atoms with E-state index in [-0.39, 0.29) is 24.5 Å². The first kappa shape index (κ1) is 26.5. The molecule has 1 fully saturated rings. The average molecular weight is 499 g/mol. The van der Waals surface area contributed by atoms with Gasteiger partial charge in [-0.1, -0.05) is 73.5 Å². The van der Waals surface area contributed by atoms with Crippen LogP contribution >= 0.6 is 0 Å². The number of rotatable bonds is 10. The van der Waals surface area contributed by atoms with Crippen LogP contribution < -0.4 is 10.1 Å². The molecule has 4 rings (SSSR count). The number of carbonyl (C=O) groups excluding carboxylic acids is 2. The molecule has 0 radical (unpaired) electrons. The molecule has 0 heterocycles. The Morgan fingerprint density at radius 3 is 2.30 bits per heavy atom. The third-order valence-electron chi connectivity index (χ3n) is 7.42. The molecule has 1 aliphatic carbocycles. The van der Waals surface area contributed by atoms with Gasteiger partial charge in [0, 0.05) is 19.0 Å². The van der Waals surface area contributed by atoms with Crippen LogP contribution in [-0.2, 0) is 22.6 Å². The van der Waals surface area contributed by atoms with Gasteiger partial charge in [-0.3, -0.25) is 9.59 Å². The Morgan fingerprint density at radius 2 is 1.59 bits per heavy atom. The summed E-state index contributed by atoms with van der Waals surface area (Å²) in [6.45, 7) is 6.32. The number of hydrogen-bond acceptors (Lipinski definition) is 3. The average Bonchev–Trinajstić information content (AvgIpc) is 3.41. The van der Waals surface area contributed by atoms with E-state index in [9.17, 15) is 9.59 Å². The van der Waals surface area contributed by atoms with Crippen LogP contribution in [0.3, 0.4) is 0 Å². The van der Waals surface area contributed by atoms with Gasteiger partial charge in [-0.25, -0.2) is 0 Å². The Morgan fingerprint density at radius 1 is 0.892 bits per heavy atom. The van der Waals surface area contributed by atoms with Crippen LogP contribution in [0, 0.1) is 20.8 Å². The minimum Gasteiger partial charge on any atom is -0.484 e. The molecule has 0 aromatic heterocycles. The fourth-order valence-corrected chi connectivity index (χ4v) is 4.92. The zero-order valence-corrected chi connectivity index (χ0v) is 22.2. The van der Waals surface area contributed by atoms with E-state index in [0.717, 1.165) is 47.9 Å². The van der Waals surface area contributed by atoms with Crippen molar-refractivity contribution in [1.82, 2.24) is 10.2 Å². The summed E-state index contributed by atoms with van der Waals surface area (Å²) in [6, 6.07) is 23.3. The lowest BCUT2D eigenvalue weighted by Crippen LogP contribution is -2.53. The van der Waals surface area contributed by atoms with Gasteiger partial charge in [0.1, 0.15) is 11.8 Å². The molecule has 37 heavy (non-hydrogen) atoms. The molecule has 1 saturated carbocycles. The molecular formula is C32H38N2O3. The van der Waals surface area contributed by atoms with Crippen LogP contribution in [0.4, 0.5) is 0 Å². The fraction of sp³-hybridized carbons (Fsp3) is 0.375. The quantitative estimate of drug-likeness (QED) is 0.391. The van der Waals surface area contributed by atoms with Crippen molar-refractivity contribution >= 4 is 11.8 Å². The number of ether oxygens (including phenoxy) is 1. The van der Waals surface area contributed by atoms with Gasteiger partial charge in [0.05, 0.1) is 0 Å². The Labute approximate surface area is 220 Å². The van der Waals surface area contributed by atoms with Gasteiger partial charge in [0.25, 0.3) is 5.91 Å². The van der Waals surface area contributed by atoms with E-state index in [1.54, 1.807) is 4.90 Å². The van der Waals surface area contributed by atoms with Crippen LogP contribution in [0.1, 0.15) is 53.5 Å². The van der Waals surface area contributed by atoms with Gasteiger partial charge < -0.3 is 15.0 Å². The van der Waals surface area contributed by atoms with E-state index in [1.165, 1.54) is 5.56 Å². The molecule has 5 heteroatoms. The first-order chi connectivity index (χ1) is 17.9. The topological polar surface area (TPSA) is 58.6 Å². The van der Waals surface area contributed by atoms with Crippen LogP contribution in [-0.4, -0.2) is 35.4 Å². The van der Waals surface area contributed by atoms with Crippen molar-refractivity contribution in [3.05, 3.63) is 101 Å². The number of nitrogens with zero attached hydrogens (tertiary/aromatic N) is 1. The SMILES string of the molecule is Cc1ccc(OCC(=O)N(Cc2ccccc2C)[C@H](Cc2ccccc2)C(=O)NC2CCCC2)cc1C. The maximum atomic E-state index is 13.8. The van der Waals surface area contributed by atoms with Gasteiger partial charge in [-0.2, -0.15) is 0 Å². The normalized spacial score (nSPS) is 14.2. The lowest BCUT2D eigenvalue weighted by atomic mass is 10.0. The lowest BCUT2D eigenvalue weighted by molar-refractivity contribution is -0.143. The van der Waals surface area contributed by atoms with Crippen molar-refractivity contribution in [2.75, 3.05) is 6.61 Å². The van der Waals surface area contributed by atoms with Crippen LogP contribution in [0.25, 0.3) is 0 Å². The van der Waals surface area contributed by atoms with Crippen molar-refractivity contribution in [1.29, 1.82) is 0 Å². The van der Waals surface area contributed by atoms with Crippen molar-refractivity contribution < 1.29 is 14.3 Å². The van der Waals surface area contributed by atoms with Crippen LogP contribution in [0.5, 0.6) is 5.75 Å². The van der Waals surface area contributed by atoms with E-state index in [0.29, 0.717) is 18.7 Å². The predicted octanol–water partition coefficient (Wildman–Crippen LogP) is 5.69. The molecule has 2 amide bonds. The van der Waals surface area contributed by atoms with E-state index in [2.05, 4.69) is 5.32 Å². The Hall–Kier alpha value is -3.60. The molecule has 5 nitrogen and oxygen atoms in total. The Bertz CT molecular complexity index is 1200. The molecule has 0 unspecified atom stereocenters. The maximum absolute atomic E-state index is 13.8. The summed E-state index contributed by atoms with van der Waals surface area (Å²) in [5.74, 6) is 0.357. The first-order valence-corrected chi connectivity index (χ1v) is 13.3. The molecule has 0 spiro atoms. The number of amides is 2. The third kappa shape index (κ3) is 7.22. The van der Waals surface area contributed by atoms with E-state index in [1.807, 2.05) is 93.6 Å². The van der Waals surface area contributed by atoms with Gasteiger partial charge >= 0.3 is 0 Å². The van der Waals surface area contributed by atoms with Gasteiger partial charge in [-0.15, -0.1) is 0 Å². The van der Waals surface area contributed by atoms with Gasteiger partial charge in [0.2, 0.25) is 5.91 Å². The van der Waals surface area contributed by atoms with E-state index >= 15 is 0 Å². The second kappa shape index (κ2) is 12.6. The number of benzene rings is 3. The fourth-order valence-electron chi connectivity index (χ4n) is 4.92. The van der Waals surface area contributed by atoms with Crippen molar-refractivity contribution in [2.45, 2.75) is 71.5 Å². The van der Waals surface area contributed by atoms with Crippen LogP contribution in [0.15, 0.2) is 72.8 Å². The summed E-state index contributed by atoms with van der Waals surface area (Å²) in [5, 5.41) is 3.25. The number of carbonyl (C=O) groups is 2. The first-order valence-electron chi connectivity index (χ1n) is 13.3. The second-order valence-corrected chi connectivity index (χ2v) is 10.2. The lowest BCUT2D eigenvalue weighted by Gasteiger charge is -2.32. The molecule has 0 saturated heterocycles. The smallest absolute Gasteiger partial charge is 0.261 e. The van der Waals surface area contributed by atoms with E-state index in [4.69, 9.17) is 4.74 Å². The summed E-state index contributed by atoms with van der Waals surface area (Å²) in [5.41, 5.74) is 5.41. The highest BCUT2D eigenvalue weighted by molar-refractivity contribution is 5.88. The monoisotopic (exact) mass is 498 g/mol. The van der Waals surface area contributed by atoms with Gasteiger partial charge in [-0.05, 0) is 73.6 Å². The standard InChI is InChI=1S/C32H38N2O3/c1-23-17-18-29(19-25(23)3)37-22-31(35)34(21-27-14-8-7-11-24(27)2)30(20-26-12-5-4-6-13-26)32(36)33-28-15-9-10-16-28/h4-8,11-14,17-19,28,30H,9-10,15-16,20-22H2,1-3H3,(H,33,36)/t30-/m1/s1. The minimum atomic E-state index is -0.640. The maximum Gasteiger partial charge on any atom is 0.261 e. The molecule has 1 N–H and O–H groups in total. The number of nitrogens with one attached hydrogen (secondary N) is 1. The van der Waals surface area contributed by atoms with Crippen molar-refractivity contribution in [3.8, 4) is 5.75 Å². The second-order valence-electron chi connectivity index (χ2n) is 10.2. The van der Waals surface area contributed by atoms with Crippen LogP contribution in [0.2, 0.25) is 0 Å². The van der Waals surface area contributed by atoms with Gasteiger partial charge in [0.15, 0.2) is 6.61 Å². The molecule has 1 aliphatic rings. The van der Waals surface area contributed by atoms with Crippen molar-refractivity contribution in [2.24, 2.45) is 0 Å². The molecule has 3 aromatic carbocycles. The largest absolute Gasteiger partial charge is 0.484 e. The molecule has 3 aromatic rings. The summed E-state index contributed by atoms with van der Waals surface area (Å²) in [6.07, 6.45) is 4.69. The molecule has 194 valence electrons. The zero-order valence-electron chi connectivity index (χ0n) is 22.2. The Balaban J connectivity index is 1.62. The third-order valence-corrected chi connectivity index (χ3v) is 7.42.